The van der Waals surface area contributed by atoms with Crippen molar-refractivity contribution in [2.24, 2.45) is 0 Å². The molecule has 2 aromatic carbocycles. The number of nitrogens with two attached hydrogens (primary N) is 1. The molecule has 0 saturated heterocycles. The Morgan fingerprint density at radius 2 is 2.00 bits per heavy atom. The largest absolute Gasteiger partial charge is 0.398 e. The molecule has 1 heterocycles. The smallest absolute Gasteiger partial charge is 0.0705 e. The van der Waals surface area contributed by atoms with Crippen LogP contribution in [0, 0.1) is 5.41 Å². The number of fused-ring (bicyclic) bond motifs is 1. The summed E-state index contributed by atoms with van der Waals surface area (Å²) >= 11 is 0. The maximum Gasteiger partial charge on any atom is 0.0705 e. The molecule has 3 rings (SSSR count). The van der Waals surface area contributed by atoms with E-state index in [-0.39, 0.29) is 0 Å². The zero-order chi connectivity index (χ0) is 12.5. The molecule has 0 atom stereocenters. The molecule has 2 aromatic rings. The van der Waals surface area contributed by atoms with Gasteiger partial charge >= 0.3 is 0 Å². The number of hydrogen-bond acceptors (Lipinski definition) is 3. The Morgan fingerprint density at radius 3 is 2.83 bits per heavy atom. The fourth-order valence-corrected chi connectivity index (χ4v) is 2.33. The van der Waals surface area contributed by atoms with Crippen LogP contribution in [0.15, 0.2) is 42.5 Å². The fourth-order valence-electron chi connectivity index (χ4n) is 2.33. The van der Waals surface area contributed by atoms with Gasteiger partial charge in [-0.25, -0.2) is 0 Å². The van der Waals surface area contributed by atoms with E-state index in [1.54, 1.807) is 0 Å². The lowest BCUT2D eigenvalue weighted by Gasteiger charge is -2.09. The van der Waals surface area contributed by atoms with Crippen molar-refractivity contribution >= 4 is 17.1 Å². The lowest BCUT2D eigenvalue weighted by atomic mass is 9.99. The summed E-state index contributed by atoms with van der Waals surface area (Å²) in [5, 5.41) is 11.6. The SMILES string of the molecule is N=C(c1ccc2c(c1)NCC2)c1ccccc1N. The highest BCUT2D eigenvalue weighted by Gasteiger charge is 2.13. The average Bonchev–Trinajstić information content (AvgIpc) is 2.85. The number of rotatable bonds is 2. The van der Waals surface area contributed by atoms with Crippen molar-refractivity contribution in [1.29, 1.82) is 5.41 Å². The molecule has 1 aliphatic rings. The highest BCUT2D eigenvalue weighted by atomic mass is 14.9. The van der Waals surface area contributed by atoms with Gasteiger partial charge in [0, 0.05) is 29.0 Å². The van der Waals surface area contributed by atoms with E-state index < -0.39 is 0 Å². The van der Waals surface area contributed by atoms with E-state index in [0.717, 1.165) is 29.8 Å². The Morgan fingerprint density at radius 1 is 1.17 bits per heavy atom. The van der Waals surface area contributed by atoms with Crippen LogP contribution in [0.25, 0.3) is 0 Å². The molecular weight excluding hydrogens is 222 g/mol. The summed E-state index contributed by atoms with van der Waals surface area (Å²) in [6.45, 7) is 0.986. The molecule has 0 spiro atoms. The maximum absolute atomic E-state index is 8.27. The van der Waals surface area contributed by atoms with Crippen molar-refractivity contribution in [1.82, 2.24) is 0 Å². The van der Waals surface area contributed by atoms with Gasteiger partial charge < -0.3 is 11.1 Å². The Kier molecular flexibility index (Phi) is 2.52. The van der Waals surface area contributed by atoms with Gasteiger partial charge in [0.2, 0.25) is 0 Å². The fraction of sp³-hybridized carbons (Fsp3) is 0.133. The van der Waals surface area contributed by atoms with E-state index in [0.29, 0.717) is 11.4 Å². The minimum atomic E-state index is 0.476. The molecule has 3 heteroatoms. The number of hydrogen-bond donors (Lipinski definition) is 3. The summed E-state index contributed by atoms with van der Waals surface area (Å²) < 4.78 is 0. The molecular formula is C15H15N3. The predicted octanol–water partition coefficient (Wildman–Crippen LogP) is 2.65. The molecule has 0 fully saturated rings. The third-order valence-corrected chi connectivity index (χ3v) is 3.34. The van der Waals surface area contributed by atoms with E-state index in [9.17, 15) is 0 Å². The molecule has 0 bridgehead atoms. The van der Waals surface area contributed by atoms with Crippen LogP contribution in [-0.4, -0.2) is 12.3 Å². The van der Waals surface area contributed by atoms with Gasteiger partial charge in [-0.2, -0.15) is 0 Å². The van der Waals surface area contributed by atoms with Gasteiger partial charge in [0.25, 0.3) is 0 Å². The molecule has 0 aromatic heterocycles. The molecule has 0 unspecified atom stereocenters. The second-order valence-corrected chi connectivity index (χ2v) is 4.51. The standard InChI is InChI=1S/C15H15N3/c16-13-4-2-1-3-12(13)15(17)11-6-5-10-7-8-18-14(10)9-11/h1-6,9,17-18H,7-8,16H2. The van der Waals surface area contributed by atoms with Crippen LogP contribution in [0.1, 0.15) is 16.7 Å². The zero-order valence-electron chi connectivity index (χ0n) is 10.0. The average molecular weight is 237 g/mol. The highest BCUT2D eigenvalue weighted by Crippen LogP contribution is 2.25. The first-order valence-electron chi connectivity index (χ1n) is 6.06. The van der Waals surface area contributed by atoms with Crippen LogP contribution in [0.3, 0.4) is 0 Å². The van der Waals surface area contributed by atoms with Crippen molar-refractivity contribution in [3.63, 3.8) is 0 Å². The van der Waals surface area contributed by atoms with Crippen LogP contribution >= 0.6 is 0 Å². The monoisotopic (exact) mass is 237 g/mol. The predicted molar refractivity (Wildman–Crippen MR) is 75.4 cm³/mol. The quantitative estimate of drug-likeness (QED) is 0.555. The Bertz CT molecular complexity index is 617. The van der Waals surface area contributed by atoms with Crippen molar-refractivity contribution in [2.75, 3.05) is 17.6 Å². The van der Waals surface area contributed by atoms with Gasteiger partial charge in [0.05, 0.1) is 5.71 Å². The number of para-hydroxylation sites is 1. The number of anilines is 2. The maximum atomic E-state index is 8.27. The molecule has 1 aliphatic heterocycles. The van der Waals surface area contributed by atoms with E-state index in [4.69, 9.17) is 11.1 Å². The molecule has 0 saturated carbocycles. The zero-order valence-corrected chi connectivity index (χ0v) is 10.0. The lowest BCUT2D eigenvalue weighted by molar-refractivity contribution is 1.11. The Labute approximate surface area is 106 Å². The van der Waals surface area contributed by atoms with Crippen LogP contribution in [0.2, 0.25) is 0 Å². The summed E-state index contributed by atoms with van der Waals surface area (Å²) in [6, 6.07) is 13.6. The van der Waals surface area contributed by atoms with Crippen molar-refractivity contribution < 1.29 is 0 Å². The van der Waals surface area contributed by atoms with Gasteiger partial charge in [-0.05, 0) is 24.1 Å². The summed E-state index contributed by atoms with van der Waals surface area (Å²) in [6.07, 6.45) is 1.07. The third-order valence-electron chi connectivity index (χ3n) is 3.34. The van der Waals surface area contributed by atoms with E-state index in [2.05, 4.69) is 11.4 Å². The molecule has 0 radical (unpaired) electrons. The lowest BCUT2D eigenvalue weighted by Crippen LogP contribution is -2.05. The van der Waals surface area contributed by atoms with E-state index in [1.165, 1.54) is 5.56 Å². The number of nitrogens with one attached hydrogen (secondary N) is 2. The highest BCUT2D eigenvalue weighted by molar-refractivity contribution is 6.14. The Hall–Kier alpha value is -2.29. The second-order valence-electron chi connectivity index (χ2n) is 4.51. The van der Waals surface area contributed by atoms with Gasteiger partial charge in [-0.1, -0.05) is 30.3 Å². The molecule has 0 aliphatic carbocycles. The van der Waals surface area contributed by atoms with Crippen molar-refractivity contribution in [3.05, 3.63) is 59.2 Å². The van der Waals surface area contributed by atoms with Crippen molar-refractivity contribution in [3.8, 4) is 0 Å². The first kappa shape index (κ1) is 10.8. The molecule has 4 N–H and O–H groups in total. The normalized spacial score (nSPS) is 12.9. The van der Waals surface area contributed by atoms with E-state index >= 15 is 0 Å². The number of benzene rings is 2. The molecule has 3 nitrogen and oxygen atoms in total. The first-order chi connectivity index (χ1) is 8.75. The van der Waals surface area contributed by atoms with Gasteiger partial charge in [0.1, 0.15) is 0 Å². The van der Waals surface area contributed by atoms with Gasteiger partial charge in [-0.3, -0.25) is 5.41 Å². The van der Waals surface area contributed by atoms with Gasteiger partial charge in [-0.15, -0.1) is 0 Å². The summed E-state index contributed by atoms with van der Waals surface area (Å²) in [5.41, 5.74) is 11.2. The van der Waals surface area contributed by atoms with E-state index in [1.807, 2.05) is 36.4 Å². The van der Waals surface area contributed by atoms with Crippen LogP contribution in [0.4, 0.5) is 11.4 Å². The van der Waals surface area contributed by atoms with Crippen LogP contribution in [-0.2, 0) is 6.42 Å². The van der Waals surface area contributed by atoms with Crippen LogP contribution < -0.4 is 11.1 Å². The minimum Gasteiger partial charge on any atom is -0.398 e. The first-order valence-corrected chi connectivity index (χ1v) is 6.06. The Balaban J connectivity index is 2.01. The minimum absolute atomic E-state index is 0.476. The third kappa shape index (κ3) is 1.74. The second kappa shape index (κ2) is 4.18. The van der Waals surface area contributed by atoms with Gasteiger partial charge in [0.15, 0.2) is 0 Å². The topological polar surface area (TPSA) is 61.9 Å². The van der Waals surface area contributed by atoms with Crippen LogP contribution in [0.5, 0.6) is 0 Å². The summed E-state index contributed by atoms with van der Waals surface area (Å²) in [7, 11) is 0. The summed E-state index contributed by atoms with van der Waals surface area (Å²) in [4.78, 5) is 0. The van der Waals surface area contributed by atoms with Crippen molar-refractivity contribution in [2.45, 2.75) is 6.42 Å². The summed E-state index contributed by atoms with van der Waals surface area (Å²) in [5.74, 6) is 0. The molecule has 0 amide bonds. The number of nitrogen functional groups attached to an aromatic ring is 1. The molecule has 18 heavy (non-hydrogen) atoms. The molecule has 90 valence electrons.